The molecule has 0 fully saturated rings. The van der Waals surface area contributed by atoms with Crippen molar-refractivity contribution in [2.75, 3.05) is 0 Å². The van der Waals surface area contributed by atoms with Gasteiger partial charge in [0.1, 0.15) is 11.5 Å². The number of nitrogens with one attached hydrogen (secondary N) is 1. The quantitative estimate of drug-likeness (QED) is 0.808. The SMILES string of the molecule is CC(C)NP(=O)(Oc1ccccc1)Oc1ccccc1. The molecular formula is C15H18NO3P. The van der Waals surface area contributed by atoms with Gasteiger partial charge in [0.25, 0.3) is 0 Å². The molecule has 0 radical (unpaired) electrons. The van der Waals surface area contributed by atoms with Gasteiger partial charge in [-0.1, -0.05) is 36.4 Å². The molecule has 2 rings (SSSR count). The molecule has 4 nitrogen and oxygen atoms in total. The summed E-state index contributed by atoms with van der Waals surface area (Å²) in [6, 6.07) is 17.9. The fourth-order valence-electron chi connectivity index (χ4n) is 1.63. The monoisotopic (exact) mass is 291 g/mol. The van der Waals surface area contributed by atoms with Gasteiger partial charge in [0.15, 0.2) is 0 Å². The van der Waals surface area contributed by atoms with Crippen LogP contribution in [0.2, 0.25) is 0 Å². The lowest BCUT2D eigenvalue weighted by atomic mass is 10.3. The van der Waals surface area contributed by atoms with E-state index in [-0.39, 0.29) is 6.04 Å². The van der Waals surface area contributed by atoms with E-state index in [1.54, 1.807) is 24.3 Å². The minimum Gasteiger partial charge on any atom is -0.405 e. The van der Waals surface area contributed by atoms with Crippen LogP contribution in [-0.4, -0.2) is 6.04 Å². The third-order valence-electron chi connectivity index (χ3n) is 2.35. The summed E-state index contributed by atoms with van der Waals surface area (Å²) in [5.74, 6) is 1.000. The maximum absolute atomic E-state index is 12.8. The Hall–Kier alpha value is -1.77. The first-order chi connectivity index (χ1) is 9.57. The number of para-hydroxylation sites is 2. The Bertz CT molecular complexity index is 527. The van der Waals surface area contributed by atoms with Crippen LogP contribution in [-0.2, 0) is 4.57 Å². The zero-order valence-electron chi connectivity index (χ0n) is 11.5. The third-order valence-corrected chi connectivity index (χ3v) is 4.09. The Morgan fingerprint density at radius 3 is 1.60 bits per heavy atom. The van der Waals surface area contributed by atoms with Crippen molar-refractivity contribution >= 4 is 7.75 Å². The van der Waals surface area contributed by atoms with Gasteiger partial charge >= 0.3 is 7.75 Å². The van der Waals surface area contributed by atoms with Gasteiger partial charge in [-0.2, -0.15) is 5.09 Å². The van der Waals surface area contributed by atoms with Gasteiger partial charge in [0.05, 0.1) is 0 Å². The smallest absolute Gasteiger partial charge is 0.405 e. The Morgan fingerprint density at radius 2 is 1.25 bits per heavy atom. The average molecular weight is 291 g/mol. The van der Waals surface area contributed by atoms with Crippen molar-refractivity contribution in [2.24, 2.45) is 0 Å². The molecule has 0 aliphatic heterocycles. The van der Waals surface area contributed by atoms with Crippen LogP contribution < -0.4 is 14.1 Å². The van der Waals surface area contributed by atoms with Gasteiger partial charge < -0.3 is 9.05 Å². The van der Waals surface area contributed by atoms with E-state index in [0.29, 0.717) is 11.5 Å². The minimum atomic E-state index is -3.47. The molecule has 0 unspecified atom stereocenters. The molecule has 106 valence electrons. The van der Waals surface area contributed by atoms with Crippen molar-refractivity contribution in [1.29, 1.82) is 0 Å². The van der Waals surface area contributed by atoms with Crippen molar-refractivity contribution in [2.45, 2.75) is 19.9 Å². The summed E-state index contributed by atoms with van der Waals surface area (Å²) in [4.78, 5) is 0. The second-order valence-corrected chi connectivity index (χ2v) is 6.21. The summed E-state index contributed by atoms with van der Waals surface area (Å²) in [6.07, 6.45) is 0. The Balaban J connectivity index is 2.19. The van der Waals surface area contributed by atoms with Crippen molar-refractivity contribution in [3.05, 3.63) is 60.7 Å². The summed E-state index contributed by atoms with van der Waals surface area (Å²) in [5.41, 5.74) is 0. The fourth-order valence-corrected chi connectivity index (χ4v) is 3.20. The summed E-state index contributed by atoms with van der Waals surface area (Å²) >= 11 is 0. The van der Waals surface area contributed by atoms with Gasteiger partial charge in [-0.25, -0.2) is 4.57 Å². The fraction of sp³-hybridized carbons (Fsp3) is 0.200. The third kappa shape index (κ3) is 4.41. The zero-order chi connectivity index (χ0) is 14.4. The first-order valence-corrected chi connectivity index (χ1v) is 7.99. The Labute approximate surface area is 119 Å². The van der Waals surface area contributed by atoms with Crippen molar-refractivity contribution in [3.63, 3.8) is 0 Å². The van der Waals surface area contributed by atoms with Gasteiger partial charge in [-0.3, -0.25) is 0 Å². The molecule has 0 saturated carbocycles. The molecule has 2 aromatic carbocycles. The molecule has 2 aromatic rings. The van der Waals surface area contributed by atoms with E-state index in [1.165, 1.54) is 0 Å². The molecule has 0 aromatic heterocycles. The van der Waals surface area contributed by atoms with Crippen LogP contribution in [0.25, 0.3) is 0 Å². The van der Waals surface area contributed by atoms with Gasteiger partial charge in [0.2, 0.25) is 0 Å². The largest absolute Gasteiger partial charge is 0.513 e. The lowest BCUT2D eigenvalue weighted by molar-refractivity contribution is 0.365. The van der Waals surface area contributed by atoms with E-state index in [2.05, 4.69) is 5.09 Å². The Morgan fingerprint density at radius 1 is 0.850 bits per heavy atom. The normalized spacial score (nSPS) is 11.3. The van der Waals surface area contributed by atoms with Gasteiger partial charge in [0, 0.05) is 6.04 Å². The highest BCUT2D eigenvalue weighted by atomic mass is 31.2. The predicted molar refractivity (Wildman–Crippen MR) is 80.0 cm³/mol. The molecule has 0 spiro atoms. The van der Waals surface area contributed by atoms with E-state index in [9.17, 15) is 4.57 Å². The zero-order valence-corrected chi connectivity index (χ0v) is 12.4. The Kier molecular flexibility index (Phi) is 4.83. The van der Waals surface area contributed by atoms with Crippen LogP contribution in [0.5, 0.6) is 11.5 Å². The molecule has 0 saturated heterocycles. The summed E-state index contributed by atoms with van der Waals surface area (Å²) in [5, 5.41) is 2.86. The minimum absolute atomic E-state index is 0.0340. The number of hydrogen-bond acceptors (Lipinski definition) is 3. The highest BCUT2D eigenvalue weighted by Crippen LogP contribution is 2.45. The van der Waals surface area contributed by atoms with Crippen LogP contribution >= 0.6 is 7.75 Å². The van der Waals surface area contributed by atoms with Crippen LogP contribution in [0, 0.1) is 0 Å². The molecule has 0 amide bonds. The first kappa shape index (κ1) is 14.6. The average Bonchev–Trinajstić information content (AvgIpc) is 2.39. The van der Waals surface area contributed by atoms with Crippen LogP contribution in [0.1, 0.15) is 13.8 Å². The van der Waals surface area contributed by atoms with Crippen molar-refractivity contribution < 1.29 is 13.6 Å². The standard InChI is InChI=1S/C15H18NO3P/c1-13(2)16-20(17,18-14-9-5-3-6-10-14)19-15-11-7-4-8-12-15/h3-13H,1-2H3,(H,16,17). The molecular weight excluding hydrogens is 273 g/mol. The molecule has 0 bridgehead atoms. The second-order valence-electron chi connectivity index (χ2n) is 4.59. The topological polar surface area (TPSA) is 47.6 Å². The van der Waals surface area contributed by atoms with Crippen LogP contribution in [0.15, 0.2) is 60.7 Å². The summed E-state index contributed by atoms with van der Waals surface area (Å²) in [7, 11) is -3.47. The molecule has 0 heterocycles. The van der Waals surface area contributed by atoms with Crippen LogP contribution in [0.4, 0.5) is 0 Å². The molecule has 0 aliphatic rings. The maximum Gasteiger partial charge on any atom is 0.513 e. The molecule has 0 aliphatic carbocycles. The first-order valence-electron chi connectivity index (χ1n) is 6.44. The lowest BCUT2D eigenvalue weighted by Crippen LogP contribution is -2.25. The van der Waals surface area contributed by atoms with E-state index in [1.807, 2.05) is 50.2 Å². The lowest BCUT2D eigenvalue weighted by Gasteiger charge is -2.22. The van der Waals surface area contributed by atoms with Gasteiger partial charge in [-0.05, 0) is 38.1 Å². The predicted octanol–water partition coefficient (Wildman–Crippen LogP) is 4.25. The molecule has 20 heavy (non-hydrogen) atoms. The summed E-state index contributed by atoms with van der Waals surface area (Å²) < 4.78 is 23.9. The highest BCUT2D eigenvalue weighted by Gasteiger charge is 2.29. The van der Waals surface area contributed by atoms with E-state index < -0.39 is 7.75 Å². The van der Waals surface area contributed by atoms with Crippen molar-refractivity contribution in [3.8, 4) is 11.5 Å². The second kappa shape index (κ2) is 6.60. The van der Waals surface area contributed by atoms with E-state index in [0.717, 1.165) is 0 Å². The molecule has 5 heteroatoms. The van der Waals surface area contributed by atoms with E-state index in [4.69, 9.17) is 9.05 Å². The molecule has 1 N–H and O–H groups in total. The maximum atomic E-state index is 12.8. The van der Waals surface area contributed by atoms with Crippen LogP contribution in [0.3, 0.4) is 0 Å². The number of rotatable bonds is 6. The van der Waals surface area contributed by atoms with Gasteiger partial charge in [-0.15, -0.1) is 0 Å². The number of benzene rings is 2. The molecule has 0 atom stereocenters. The van der Waals surface area contributed by atoms with Crippen molar-refractivity contribution in [1.82, 2.24) is 5.09 Å². The number of hydrogen-bond donors (Lipinski definition) is 1. The summed E-state index contributed by atoms with van der Waals surface area (Å²) in [6.45, 7) is 3.77. The van der Waals surface area contributed by atoms with E-state index >= 15 is 0 Å². The highest BCUT2D eigenvalue weighted by molar-refractivity contribution is 7.52.